The molecule has 0 aliphatic carbocycles. The first-order valence-corrected chi connectivity index (χ1v) is 10.1. The molecular formula is C28H26O3. The van der Waals surface area contributed by atoms with Gasteiger partial charge in [0.05, 0.1) is 0 Å². The first kappa shape index (κ1) is 21.8. The summed E-state index contributed by atoms with van der Waals surface area (Å²) in [6.45, 7) is 9.44. The Kier molecular flexibility index (Phi) is 6.88. The van der Waals surface area contributed by atoms with E-state index < -0.39 is 0 Å². The number of carbonyl (C=O) groups excluding carboxylic acids is 1. The van der Waals surface area contributed by atoms with E-state index in [9.17, 15) is 15.0 Å². The zero-order valence-electron chi connectivity index (χ0n) is 17.6. The normalized spacial score (nSPS) is 10.9. The summed E-state index contributed by atoms with van der Waals surface area (Å²) in [5, 5.41) is 21.5. The zero-order valence-corrected chi connectivity index (χ0v) is 17.6. The number of rotatable bonds is 8. The van der Waals surface area contributed by atoms with Crippen molar-refractivity contribution in [3.05, 3.63) is 114 Å². The number of allylic oxidation sites excluding steroid dienone is 3. The van der Waals surface area contributed by atoms with Crippen molar-refractivity contribution >= 4 is 11.9 Å². The van der Waals surface area contributed by atoms with Crippen molar-refractivity contribution < 1.29 is 15.0 Å². The van der Waals surface area contributed by atoms with Crippen LogP contribution < -0.4 is 0 Å². The van der Waals surface area contributed by atoms with Gasteiger partial charge < -0.3 is 10.2 Å². The maximum atomic E-state index is 12.7. The van der Waals surface area contributed by atoms with Crippen LogP contribution in [0.25, 0.3) is 17.2 Å². The van der Waals surface area contributed by atoms with Gasteiger partial charge in [0.15, 0.2) is 5.78 Å². The molecule has 2 N–H and O–H groups in total. The number of ketones is 1. The van der Waals surface area contributed by atoms with Gasteiger partial charge in [0, 0.05) is 22.3 Å². The fourth-order valence-electron chi connectivity index (χ4n) is 3.53. The highest BCUT2D eigenvalue weighted by molar-refractivity contribution is 6.08. The Labute approximate surface area is 183 Å². The maximum absolute atomic E-state index is 12.7. The van der Waals surface area contributed by atoms with Gasteiger partial charge in [0.2, 0.25) is 0 Å². The summed E-state index contributed by atoms with van der Waals surface area (Å²) in [6.07, 6.45) is 7.88. The standard InChI is InChI=1S/C28H26O3/c1-4-8-20-12-14-27(30)24(17-20)25-18-21(9-5-2)16-22(28(25)31)13-15-26(29)23-11-7-6-10-19(23)3/h4-7,10-18,30-31H,1-2,8-9H2,3H3. The SMILES string of the molecule is C=CCc1ccc(O)c(-c2cc(CC=C)cc(C=CC(=O)c3ccccc3C)c2O)c1. The number of aryl methyl sites for hydroxylation is 1. The molecule has 3 rings (SSSR count). The Morgan fingerprint density at radius 1 is 0.903 bits per heavy atom. The van der Waals surface area contributed by atoms with Crippen LogP contribution >= 0.6 is 0 Å². The van der Waals surface area contributed by atoms with E-state index >= 15 is 0 Å². The summed E-state index contributed by atoms with van der Waals surface area (Å²) < 4.78 is 0. The molecule has 0 aliphatic heterocycles. The number of benzene rings is 3. The van der Waals surface area contributed by atoms with Gasteiger partial charge >= 0.3 is 0 Å². The van der Waals surface area contributed by atoms with Crippen molar-refractivity contribution in [2.45, 2.75) is 19.8 Å². The number of phenolic OH excluding ortho intramolecular Hbond substituents is 2. The van der Waals surface area contributed by atoms with Crippen molar-refractivity contribution in [1.82, 2.24) is 0 Å². The van der Waals surface area contributed by atoms with E-state index in [-0.39, 0.29) is 17.3 Å². The van der Waals surface area contributed by atoms with E-state index in [4.69, 9.17) is 0 Å². The smallest absolute Gasteiger partial charge is 0.186 e. The van der Waals surface area contributed by atoms with E-state index in [1.54, 1.807) is 30.4 Å². The second kappa shape index (κ2) is 9.77. The Balaban J connectivity index is 2.08. The highest BCUT2D eigenvalue weighted by Crippen LogP contribution is 2.39. The molecule has 0 atom stereocenters. The van der Waals surface area contributed by atoms with Crippen molar-refractivity contribution in [3.8, 4) is 22.6 Å². The van der Waals surface area contributed by atoms with Crippen LogP contribution in [0.3, 0.4) is 0 Å². The minimum atomic E-state index is -0.135. The minimum Gasteiger partial charge on any atom is -0.507 e. The summed E-state index contributed by atoms with van der Waals surface area (Å²) in [5.41, 5.74) is 4.95. The fraction of sp³-hybridized carbons (Fsp3) is 0.107. The molecule has 0 spiro atoms. The molecule has 0 saturated heterocycles. The molecule has 3 heteroatoms. The van der Waals surface area contributed by atoms with Crippen LogP contribution in [0, 0.1) is 6.92 Å². The van der Waals surface area contributed by atoms with Crippen LogP contribution in [-0.2, 0) is 12.8 Å². The third-order valence-electron chi connectivity index (χ3n) is 5.14. The zero-order chi connectivity index (χ0) is 22.4. The second-order valence-electron chi connectivity index (χ2n) is 7.43. The van der Waals surface area contributed by atoms with Crippen molar-refractivity contribution in [1.29, 1.82) is 0 Å². The van der Waals surface area contributed by atoms with Gasteiger partial charge in [-0.2, -0.15) is 0 Å². The number of phenols is 2. The van der Waals surface area contributed by atoms with Crippen LogP contribution in [0.1, 0.15) is 32.6 Å². The molecule has 0 aromatic heterocycles. The number of hydrogen-bond donors (Lipinski definition) is 2. The van der Waals surface area contributed by atoms with Crippen LogP contribution in [0.15, 0.2) is 86.0 Å². The molecule has 3 aromatic carbocycles. The molecule has 0 fully saturated rings. The number of carbonyl (C=O) groups is 1. The first-order valence-electron chi connectivity index (χ1n) is 10.1. The second-order valence-corrected chi connectivity index (χ2v) is 7.43. The summed E-state index contributed by atoms with van der Waals surface area (Å²) >= 11 is 0. The summed E-state index contributed by atoms with van der Waals surface area (Å²) in [6, 6.07) is 16.3. The lowest BCUT2D eigenvalue weighted by atomic mass is 9.94. The Hall–Kier alpha value is -3.85. The molecule has 3 nitrogen and oxygen atoms in total. The molecule has 0 radical (unpaired) electrons. The topological polar surface area (TPSA) is 57.5 Å². The molecule has 156 valence electrons. The lowest BCUT2D eigenvalue weighted by Crippen LogP contribution is -1.97. The van der Waals surface area contributed by atoms with Gasteiger partial charge in [0.25, 0.3) is 0 Å². The molecular weight excluding hydrogens is 384 g/mol. The average Bonchev–Trinajstić information content (AvgIpc) is 2.76. The molecule has 0 aliphatic rings. The molecule has 0 bridgehead atoms. The Morgan fingerprint density at radius 2 is 1.58 bits per heavy atom. The minimum absolute atomic E-state index is 0.00713. The molecule has 3 aromatic rings. The van der Waals surface area contributed by atoms with Crippen LogP contribution in [0.4, 0.5) is 0 Å². The largest absolute Gasteiger partial charge is 0.507 e. The van der Waals surface area contributed by atoms with E-state index in [0.717, 1.165) is 16.7 Å². The quantitative estimate of drug-likeness (QED) is 0.256. The highest BCUT2D eigenvalue weighted by atomic mass is 16.3. The van der Waals surface area contributed by atoms with E-state index in [2.05, 4.69) is 13.2 Å². The molecule has 31 heavy (non-hydrogen) atoms. The van der Waals surface area contributed by atoms with Gasteiger partial charge in [-0.05, 0) is 72.9 Å². The van der Waals surface area contributed by atoms with E-state index in [0.29, 0.717) is 35.1 Å². The first-order chi connectivity index (χ1) is 14.9. The average molecular weight is 411 g/mol. The molecule has 0 unspecified atom stereocenters. The fourth-order valence-corrected chi connectivity index (χ4v) is 3.53. The van der Waals surface area contributed by atoms with Gasteiger partial charge in [-0.25, -0.2) is 0 Å². The van der Waals surface area contributed by atoms with Crippen LogP contribution in [0.2, 0.25) is 0 Å². The van der Waals surface area contributed by atoms with Gasteiger partial charge in [-0.3, -0.25) is 4.79 Å². The Bertz CT molecular complexity index is 1170. The monoisotopic (exact) mass is 410 g/mol. The van der Waals surface area contributed by atoms with Crippen LogP contribution in [-0.4, -0.2) is 16.0 Å². The molecule has 0 amide bonds. The third-order valence-corrected chi connectivity index (χ3v) is 5.14. The van der Waals surface area contributed by atoms with Gasteiger partial charge in [-0.15, -0.1) is 13.2 Å². The van der Waals surface area contributed by atoms with E-state index in [1.807, 2.05) is 49.4 Å². The van der Waals surface area contributed by atoms with Crippen LogP contribution in [0.5, 0.6) is 11.5 Å². The van der Waals surface area contributed by atoms with Crippen molar-refractivity contribution in [3.63, 3.8) is 0 Å². The van der Waals surface area contributed by atoms with E-state index in [1.165, 1.54) is 6.08 Å². The molecule has 0 heterocycles. The summed E-state index contributed by atoms with van der Waals surface area (Å²) in [5.74, 6) is -0.0542. The Morgan fingerprint density at radius 3 is 2.29 bits per heavy atom. The third kappa shape index (κ3) is 5.01. The predicted molar refractivity (Wildman–Crippen MR) is 128 cm³/mol. The van der Waals surface area contributed by atoms with Crippen molar-refractivity contribution in [2.24, 2.45) is 0 Å². The van der Waals surface area contributed by atoms with Crippen molar-refractivity contribution in [2.75, 3.05) is 0 Å². The highest BCUT2D eigenvalue weighted by Gasteiger charge is 2.15. The number of aromatic hydroxyl groups is 2. The lowest BCUT2D eigenvalue weighted by molar-refractivity contribution is 0.104. The lowest BCUT2D eigenvalue weighted by Gasteiger charge is -2.13. The molecule has 0 saturated carbocycles. The van der Waals surface area contributed by atoms with Gasteiger partial charge in [0.1, 0.15) is 11.5 Å². The summed E-state index contributed by atoms with van der Waals surface area (Å²) in [7, 11) is 0. The van der Waals surface area contributed by atoms with Gasteiger partial charge in [-0.1, -0.05) is 42.5 Å². The summed E-state index contributed by atoms with van der Waals surface area (Å²) in [4.78, 5) is 12.7. The predicted octanol–water partition coefficient (Wildman–Crippen LogP) is 6.43. The number of hydrogen-bond acceptors (Lipinski definition) is 3. The maximum Gasteiger partial charge on any atom is 0.186 e.